The summed E-state index contributed by atoms with van der Waals surface area (Å²) >= 11 is 5.50. The zero-order chi connectivity index (χ0) is 18.3. The largest absolute Gasteiger partial charge is 0.205 e. The average Bonchev–Trinajstić information content (AvgIpc) is 3.00. The van der Waals surface area contributed by atoms with Crippen molar-refractivity contribution in [1.29, 1.82) is 0 Å². The molecule has 0 nitrogen and oxygen atoms in total. The molecule has 3 aromatic carbocycles. The molecular formula is C23H15ClF2. The molecule has 26 heavy (non-hydrogen) atoms. The second-order valence-electron chi connectivity index (χ2n) is 6.40. The van der Waals surface area contributed by atoms with E-state index in [2.05, 4.69) is 49.1 Å². The second-order valence-corrected chi connectivity index (χ2v) is 6.78. The summed E-state index contributed by atoms with van der Waals surface area (Å²) < 4.78 is 27.0. The summed E-state index contributed by atoms with van der Waals surface area (Å²) in [5.74, 6) is 4.20. The van der Waals surface area contributed by atoms with Crippen LogP contribution in [0.2, 0.25) is 5.02 Å². The molecule has 0 amide bonds. The van der Waals surface area contributed by atoms with Crippen LogP contribution in [0.25, 0.3) is 11.1 Å². The van der Waals surface area contributed by atoms with Crippen molar-refractivity contribution in [2.24, 2.45) is 0 Å². The molecule has 0 unspecified atom stereocenters. The maximum atomic E-state index is 13.5. The Hall–Kier alpha value is -2.63. The van der Waals surface area contributed by atoms with Crippen molar-refractivity contribution >= 4 is 11.6 Å². The Labute approximate surface area is 156 Å². The zero-order valence-electron chi connectivity index (χ0n) is 14.2. The second kappa shape index (κ2) is 6.59. The van der Waals surface area contributed by atoms with Crippen LogP contribution in [0.5, 0.6) is 0 Å². The van der Waals surface area contributed by atoms with Gasteiger partial charge in [-0.15, -0.1) is 0 Å². The monoisotopic (exact) mass is 364 g/mol. The smallest absolute Gasteiger partial charge is 0.146 e. The highest BCUT2D eigenvalue weighted by atomic mass is 35.5. The van der Waals surface area contributed by atoms with Crippen LogP contribution >= 0.6 is 11.6 Å². The van der Waals surface area contributed by atoms with Gasteiger partial charge in [0.05, 0.1) is 0 Å². The van der Waals surface area contributed by atoms with Gasteiger partial charge in [0.1, 0.15) is 16.7 Å². The SMILES string of the molecule is CCc1ccc2c(c1)Cc1cc(C#Cc3cc(F)c(Cl)c(F)c3)ccc1-2. The number of hydrogen-bond acceptors (Lipinski definition) is 0. The highest BCUT2D eigenvalue weighted by Crippen LogP contribution is 2.37. The minimum Gasteiger partial charge on any atom is -0.205 e. The van der Waals surface area contributed by atoms with E-state index in [0.717, 1.165) is 30.5 Å². The molecule has 3 aromatic rings. The van der Waals surface area contributed by atoms with Gasteiger partial charge in [-0.1, -0.05) is 54.6 Å². The number of hydrogen-bond donors (Lipinski definition) is 0. The van der Waals surface area contributed by atoms with E-state index in [1.54, 1.807) is 0 Å². The van der Waals surface area contributed by atoms with Crippen molar-refractivity contribution in [3.8, 4) is 23.0 Å². The first-order valence-corrected chi connectivity index (χ1v) is 8.84. The van der Waals surface area contributed by atoms with Crippen LogP contribution in [0.1, 0.15) is 34.7 Å². The molecule has 128 valence electrons. The third-order valence-corrected chi connectivity index (χ3v) is 5.05. The first-order valence-electron chi connectivity index (χ1n) is 8.47. The van der Waals surface area contributed by atoms with Crippen LogP contribution in [0.4, 0.5) is 8.78 Å². The summed E-state index contributed by atoms with van der Waals surface area (Å²) in [7, 11) is 0. The molecule has 0 aliphatic heterocycles. The van der Waals surface area contributed by atoms with Crippen molar-refractivity contribution in [1.82, 2.24) is 0 Å². The molecule has 1 aliphatic rings. The lowest BCUT2D eigenvalue weighted by Gasteiger charge is -2.03. The van der Waals surface area contributed by atoms with Crippen molar-refractivity contribution in [2.45, 2.75) is 19.8 Å². The predicted molar refractivity (Wildman–Crippen MR) is 101 cm³/mol. The molecule has 0 saturated carbocycles. The average molecular weight is 365 g/mol. The molecule has 0 spiro atoms. The standard InChI is InChI=1S/C23H15ClF2/c1-2-14-5-7-19-17(9-14)13-18-10-15(6-8-20(18)19)3-4-16-11-21(25)23(24)22(26)12-16/h5-12H,2,13H2,1H3. The zero-order valence-corrected chi connectivity index (χ0v) is 14.9. The van der Waals surface area contributed by atoms with E-state index in [-0.39, 0.29) is 5.56 Å². The third-order valence-electron chi connectivity index (χ3n) is 4.69. The van der Waals surface area contributed by atoms with Crippen LogP contribution in [-0.2, 0) is 12.8 Å². The first kappa shape index (κ1) is 16.8. The minimum absolute atomic E-state index is 0.265. The molecule has 0 bridgehead atoms. The van der Waals surface area contributed by atoms with Gasteiger partial charge >= 0.3 is 0 Å². The maximum Gasteiger partial charge on any atom is 0.146 e. The normalized spacial score (nSPS) is 11.5. The summed E-state index contributed by atoms with van der Waals surface area (Å²) in [5, 5.41) is -0.503. The van der Waals surface area contributed by atoms with Crippen LogP contribution < -0.4 is 0 Å². The molecule has 0 radical (unpaired) electrons. The summed E-state index contributed by atoms with van der Waals surface area (Å²) in [6.07, 6.45) is 1.91. The number of aryl methyl sites for hydroxylation is 1. The molecule has 0 fully saturated rings. The first-order chi connectivity index (χ1) is 12.5. The van der Waals surface area contributed by atoms with Crippen LogP contribution in [0, 0.1) is 23.5 Å². The van der Waals surface area contributed by atoms with Gasteiger partial charge in [-0.2, -0.15) is 0 Å². The molecule has 0 heterocycles. The number of halogens is 3. The van der Waals surface area contributed by atoms with Gasteiger partial charge in [0.25, 0.3) is 0 Å². The Morgan fingerprint density at radius 1 is 0.846 bits per heavy atom. The Morgan fingerprint density at radius 3 is 2.15 bits per heavy atom. The van der Waals surface area contributed by atoms with Crippen molar-refractivity contribution in [3.63, 3.8) is 0 Å². The van der Waals surface area contributed by atoms with E-state index in [1.165, 1.54) is 27.8 Å². The van der Waals surface area contributed by atoms with Gasteiger partial charge in [-0.3, -0.25) is 0 Å². The van der Waals surface area contributed by atoms with E-state index in [0.29, 0.717) is 0 Å². The summed E-state index contributed by atoms with van der Waals surface area (Å²) in [6, 6.07) is 15.0. The highest BCUT2D eigenvalue weighted by Gasteiger charge is 2.18. The molecule has 0 atom stereocenters. The van der Waals surface area contributed by atoms with Crippen LogP contribution in [0.3, 0.4) is 0 Å². The fourth-order valence-corrected chi connectivity index (χ4v) is 3.44. The van der Waals surface area contributed by atoms with Gasteiger partial charge in [-0.25, -0.2) is 8.78 Å². The lowest BCUT2D eigenvalue weighted by molar-refractivity contribution is 0.583. The van der Waals surface area contributed by atoms with Crippen molar-refractivity contribution in [3.05, 3.63) is 93.0 Å². The van der Waals surface area contributed by atoms with Gasteiger partial charge < -0.3 is 0 Å². The fourth-order valence-electron chi connectivity index (χ4n) is 3.33. The Morgan fingerprint density at radius 2 is 1.46 bits per heavy atom. The Kier molecular flexibility index (Phi) is 4.26. The lowest BCUT2D eigenvalue weighted by atomic mass is 10.0. The van der Waals surface area contributed by atoms with E-state index < -0.39 is 16.7 Å². The lowest BCUT2D eigenvalue weighted by Crippen LogP contribution is -1.87. The van der Waals surface area contributed by atoms with Crippen LogP contribution in [0.15, 0.2) is 48.5 Å². The number of rotatable bonds is 1. The highest BCUT2D eigenvalue weighted by molar-refractivity contribution is 6.30. The van der Waals surface area contributed by atoms with E-state index in [4.69, 9.17) is 11.6 Å². The van der Waals surface area contributed by atoms with Gasteiger partial charge in [0.2, 0.25) is 0 Å². The molecule has 4 rings (SSSR count). The molecular weight excluding hydrogens is 350 g/mol. The molecule has 1 aliphatic carbocycles. The van der Waals surface area contributed by atoms with Crippen LogP contribution in [-0.4, -0.2) is 0 Å². The third kappa shape index (κ3) is 3.00. The van der Waals surface area contributed by atoms with E-state index in [9.17, 15) is 8.78 Å². The summed E-state index contributed by atoms with van der Waals surface area (Å²) in [6.45, 7) is 2.15. The van der Waals surface area contributed by atoms with E-state index >= 15 is 0 Å². The number of benzene rings is 3. The number of fused-ring (bicyclic) bond motifs is 3. The van der Waals surface area contributed by atoms with Gasteiger partial charge in [-0.05, 0) is 64.9 Å². The minimum atomic E-state index is -0.799. The molecule has 0 aromatic heterocycles. The Balaban J connectivity index is 1.66. The van der Waals surface area contributed by atoms with Crippen molar-refractivity contribution < 1.29 is 8.78 Å². The summed E-state index contributed by atoms with van der Waals surface area (Å²) in [4.78, 5) is 0. The Bertz CT molecular complexity index is 1060. The predicted octanol–water partition coefficient (Wildman–Crippen LogP) is 6.15. The van der Waals surface area contributed by atoms with Gasteiger partial charge in [0, 0.05) is 11.1 Å². The van der Waals surface area contributed by atoms with E-state index in [1.807, 2.05) is 6.07 Å². The summed E-state index contributed by atoms with van der Waals surface area (Å²) in [5.41, 5.74) is 7.50. The topological polar surface area (TPSA) is 0 Å². The van der Waals surface area contributed by atoms with Crippen molar-refractivity contribution in [2.75, 3.05) is 0 Å². The molecule has 3 heteroatoms. The molecule has 0 saturated heterocycles. The quantitative estimate of drug-likeness (QED) is 0.280. The molecule has 0 N–H and O–H groups in total. The van der Waals surface area contributed by atoms with Gasteiger partial charge in [0.15, 0.2) is 0 Å². The fraction of sp³-hybridized carbons (Fsp3) is 0.130. The maximum absolute atomic E-state index is 13.5.